The van der Waals surface area contributed by atoms with E-state index < -0.39 is 7.82 Å². The van der Waals surface area contributed by atoms with Gasteiger partial charge >= 0.3 is 88.4 Å². The summed E-state index contributed by atoms with van der Waals surface area (Å²) in [6.45, 7) is 0. The predicted octanol–water partition coefficient (Wildman–Crippen LogP) is -5.82. The van der Waals surface area contributed by atoms with Crippen LogP contribution in [0.5, 0.6) is 0 Å². The molecular formula is CsO4PZn. The number of rotatable bonds is 0. The molecule has 0 saturated heterocycles. The van der Waals surface area contributed by atoms with Crippen molar-refractivity contribution in [2.45, 2.75) is 0 Å². The zero-order valence-electron chi connectivity index (χ0n) is 3.79. The first-order chi connectivity index (χ1) is 2.00. The fourth-order valence-electron chi connectivity index (χ4n) is 0. The minimum Gasteiger partial charge on any atom is -0.822 e. The first kappa shape index (κ1) is 16.4. The molecule has 7 heavy (non-hydrogen) atoms. The maximum atomic E-state index is 8.55. The monoisotopic (exact) mass is 292 g/mol. The molecule has 0 aliphatic rings. The molecule has 0 atom stereocenters. The molecule has 0 fully saturated rings. The molecule has 0 radical (unpaired) electrons. The second kappa shape index (κ2) is 6.90. The summed E-state index contributed by atoms with van der Waals surface area (Å²) in [5, 5.41) is 0. The zero-order chi connectivity index (χ0) is 4.50. The molecule has 0 spiro atoms. The van der Waals surface area contributed by atoms with Gasteiger partial charge in [-0.05, 0) is 0 Å². The standard InChI is InChI=1S/Cs.H3O4P.Zn/c;1-5(2,3)4;/h;(H3,1,2,3,4);/q+1;;+2/p-3. The van der Waals surface area contributed by atoms with Gasteiger partial charge < -0.3 is 19.2 Å². The van der Waals surface area contributed by atoms with Gasteiger partial charge in [-0.25, -0.2) is 0 Å². The summed E-state index contributed by atoms with van der Waals surface area (Å²) in [5.41, 5.74) is 0. The predicted molar refractivity (Wildman–Crippen MR) is 7.61 cm³/mol. The van der Waals surface area contributed by atoms with Crippen LogP contribution >= 0.6 is 7.82 Å². The molecule has 0 aromatic carbocycles. The van der Waals surface area contributed by atoms with Crippen molar-refractivity contribution in [1.29, 1.82) is 0 Å². The average Bonchev–Trinajstić information content (AvgIpc) is 0.722. The van der Waals surface area contributed by atoms with Crippen LogP contribution in [0.1, 0.15) is 0 Å². The van der Waals surface area contributed by atoms with Crippen LogP contribution in [0.4, 0.5) is 0 Å². The molecule has 4 nitrogen and oxygen atoms in total. The largest absolute Gasteiger partial charge is 2.00 e. The molecule has 0 aliphatic carbocycles. The molecule has 7 heteroatoms. The van der Waals surface area contributed by atoms with Gasteiger partial charge in [0.1, 0.15) is 0 Å². The van der Waals surface area contributed by atoms with Crippen LogP contribution in [-0.4, -0.2) is 0 Å². The zero-order valence-corrected chi connectivity index (χ0v) is 13.9. The third-order valence-corrected chi connectivity index (χ3v) is 0. The maximum Gasteiger partial charge on any atom is 2.00 e. The molecule has 0 unspecified atom stereocenters. The molecule has 0 heterocycles. The van der Waals surface area contributed by atoms with Crippen molar-refractivity contribution in [1.82, 2.24) is 0 Å². The van der Waals surface area contributed by atoms with Gasteiger partial charge in [0.2, 0.25) is 0 Å². The van der Waals surface area contributed by atoms with E-state index in [1.54, 1.807) is 0 Å². The van der Waals surface area contributed by atoms with Gasteiger partial charge in [-0.3, -0.25) is 0 Å². The molecule has 0 rings (SSSR count). The molecule has 0 aromatic rings. The number of hydrogen-bond donors (Lipinski definition) is 0. The maximum absolute atomic E-state index is 8.55. The van der Waals surface area contributed by atoms with Gasteiger partial charge in [0.25, 0.3) is 0 Å². The Balaban J connectivity index is -0.0000000800. The molecule has 0 aliphatic heterocycles. The Morgan fingerprint density at radius 1 is 1.14 bits per heavy atom. The second-order valence-corrected chi connectivity index (χ2v) is 1.34. The number of phosphoric acid groups is 1. The van der Waals surface area contributed by atoms with Gasteiger partial charge in [-0.15, -0.1) is 0 Å². The van der Waals surface area contributed by atoms with E-state index in [-0.39, 0.29) is 88.4 Å². The van der Waals surface area contributed by atoms with Crippen LogP contribution < -0.4 is 83.6 Å². The summed E-state index contributed by atoms with van der Waals surface area (Å²) in [4.78, 5) is 25.6. The summed E-state index contributed by atoms with van der Waals surface area (Å²) >= 11 is 0. The summed E-state index contributed by atoms with van der Waals surface area (Å²) in [7, 11) is -5.39. The van der Waals surface area contributed by atoms with E-state index in [4.69, 9.17) is 19.2 Å². The molecule has 0 N–H and O–H groups in total. The van der Waals surface area contributed by atoms with Crippen LogP contribution in [0.2, 0.25) is 0 Å². The minimum absolute atomic E-state index is 0. The van der Waals surface area contributed by atoms with E-state index in [1.165, 1.54) is 0 Å². The van der Waals surface area contributed by atoms with E-state index in [0.717, 1.165) is 0 Å². The Labute approximate surface area is 112 Å². The van der Waals surface area contributed by atoms with Crippen LogP contribution in [0.25, 0.3) is 0 Å². The molecule has 0 aromatic heterocycles. The third kappa shape index (κ3) is 52.1. The molecule has 0 amide bonds. The van der Waals surface area contributed by atoms with Gasteiger partial charge in [0.05, 0.1) is 0 Å². The minimum atomic E-state index is -5.39. The van der Waals surface area contributed by atoms with Crippen molar-refractivity contribution < 1.29 is 108 Å². The first-order valence-electron chi connectivity index (χ1n) is 0.730. The Hall–Kier alpha value is 2.79. The topological polar surface area (TPSA) is 86.2 Å². The Morgan fingerprint density at radius 3 is 1.14 bits per heavy atom. The normalized spacial score (nSPS) is 8.43. The van der Waals surface area contributed by atoms with E-state index in [0.29, 0.717) is 0 Å². The van der Waals surface area contributed by atoms with Crippen molar-refractivity contribution in [2.75, 3.05) is 0 Å². The van der Waals surface area contributed by atoms with Gasteiger partial charge in [0.15, 0.2) is 0 Å². The quantitative estimate of drug-likeness (QED) is 0.329. The van der Waals surface area contributed by atoms with Crippen LogP contribution in [0, 0.1) is 0 Å². The summed E-state index contributed by atoms with van der Waals surface area (Å²) in [5.74, 6) is 0. The van der Waals surface area contributed by atoms with Gasteiger partial charge in [-0.2, -0.15) is 7.82 Å². The van der Waals surface area contributed by atoms with Crippen molar-refractivity contribution >= 4 is 7.82 Å². The first-order valence-corrected chi connectivity index (χ1v) is 2.19. The average molecular weight is 293 g/mol. The Kier molecular flexibility index (Phi) is 16.2. The fourth-order valence-corrected chi connectivity index (χ4v) is 0. The van der Waals surface area contributed by atoms with Crippen LogP contribution in [-0.2, 0) is 24.0 Å². The number of hydrogen-bond acceptors (Lipinski definition) is 4. The van der Waals surface area contributed by atoms with Crippen molar-refractivity contribution in [3.05, 3.63) is 0 Å². The fraction of sp³-hybridized carbons (Fsp3) is 0. The third-order valence-electron chi connectivity index (χ3n) is 0. The summed E-state index contributed by atoms with van der Waals surface area (Å²) in [6, 6.07) is 0. The van der Waals surface area contributed by atoms with Crippen molar-refractivity contribution in [2.24, 2.45) is 0 Å². The smallest absolute Gasteiger partial charge is 0.822 e. The van der Waals surface area contributed by atoms with E-state index in [9.17, 15) is 0 Å². The van der Waals surface area contributed by atoms with Crippen LogP contribution in [0.15, 0.2) is 0 Å². The van der Waals surface area contributed by atoms with E-state index in [2.05, 4.69) is 0 Å². The van der Waals surface area contributed by atoms with Crippen LogP contribution in [0.3, 0.4) is 0 Å². The molecular weight excluding hydrogens is 293 g/mol. The summed E-state index contributed by atoms with van der Waals surface area (Å²) in [6.07, 6.45) is 0. The SMILES string of the molecule is O=P([O-])([O-])[O-].[Cs+].[Zn+2]. The second-order valence-electron chi connectivity index (χ2n) is 0.447. The van der Waals surface area contributed by atoms with Gasteiger partial charge in [0, 0.05) is 0 Å². The van der Waals surface area contributed by atoms with Crippen molar-refractivity contribution in [3.8, 4) is 0 Å². The van der Waals surface area contributed by atoms with Crippen molar-refractivity contribution in [3.63, 3.8) is 0 Å². The summed E-state index contributed by atoms with van der Waals surface area (Å²) < 4.78 is 8.55. The molecule has 32 valence electrons. The van der Waals surface area contributed by atoms with Gasteiger partial charge in [-0.1, -0.05) is 0 Å². The molecule has 0 saturated carbocycles. The molecule has 0 bridgehead atoms. The van der Waals surface area contributed by atoms with E-state index >= 15 is 0 Å². The van der Waals surface area contributed by atoms with E-state index in [1.807, 2.05) is 0 Å². The Morgan fingerprint density at radius 2 is 1.14 bits per heavy atom. The Bertz CT molecular complexity index is 57.8.